The van der Waals surface area contributed by atoms with Crippen molar-refractivity contribution in [2.75, 3.05) is 18.5 Å². The number of rotatable bonds is 7. The molecular weight excluding hydrogens is 471 g/mol. The predicted octanol–water partition coefficient (Wildman–Crippen LogP) is 4.41. The number of nitrogens with one attached hydrogen (secondary N) is 1. The van der Waals surface area contributed by atoms with Gasteiger partial charge in [0.1, 0.15) is 17.4 Å². The molecular formula is C21H19IN2O4. The van der Waals surface area contributed by atoms with Crippen LogP contribution in [-0.4, -0.2) is 25.1 Å². The first-order chi connectivity index (χ1) is 13.5. The molecule has 2 aromatic carbocycles. The molecule has 0 saturated carbocycles. The summed E-state index contributed by atoms with van der Waals surface area (Å²) in [7, 11) is 0. The summed E-state index contributed by atoms with van der Waals surface area (Å²) < 4.78 is 11.3. The highest BCUT2D eigenvalue weighted by molar-refractivity contribution is 14.1. The number of halogens is 1. The molecule has 0 bridgehead atoms. The smallest absolute Gasteiger partial charge is 0.338 e. The third kappa shape index (κ3) is 5.82. The summed E-state index contributed by atoms with van der Waals surface area (Å²) in [5, 5.41) is 12.0. The van der Waals surface area contributed by atoms with Crippen molar-refractivity contribution < 1.29 is 19.1 Å². The molecule has 7 heteroatoms. The third-order valence-electron chi connectivity index (χ3n) is 3.59. The second kappa shape index (κ2) is 10.5. The fourth-order valence-electron chi connectivity index (χ4n) is 2.30. The van der Waals surface area contributed by atoms with E-state index in [9.17, 15) is 14.9 Å². The molecule has 0 saturated heterocycles. The topological polar surface area (TPSA) is 88.4 Å². The molecule has 1 N–H and O–H groups in total. The molecule has 144 valence electrons. The van der Waals surface area contributed by atoms with Crippen LogP contribution in [0.2, 0.25) is 0 Å². The van der Waals surface area contributed by atoms with Crippen LogP contribution in [0.3, 0.4) is 0 Å². The molecule has 0 aliphatic carbocycles. The summed E-state index contributed by atoms with van der Waals surface area (Å²) in [5.41, 5.74) is 1.55. The molecule has 2 aromatic rings. The van der Waals surface area contributed by atoms with Crippen LogP contribution in [0.15, 0.2) is 48.0 Å². The summed E-state index contributed by atoms with van der Waals surface area (Å²) in [4.78, 5) is 24.1. The number of carbonyl (C=O) groups is 2. The molecule has 0 aromatic heterocycles. The molecule has 0 aliphatic rings. The van der Waals surface area contributed by atoms with E-state index in [1.165, 1.54) is 6.08 Å². The van der Waals surface area contributed by atoms with E-state index in [2.05, 4.69) is 27.9 Å². The van der Waals surface area contributed by atoms with Crippen LogP contribution in [-0.2, 0) is 9.53 Å². The SMILES string of the molecule is CCOC(=O)c1ccc(NC(=O)/C(C#N)=C/c2ccc(OCC)c(I)c2)cc1. The molecule has 0 radical (unpaired) electrons. The minimum atomic E-state index is -0.532. The Morgan fingerprint density at radius 1 is 1.14 bits per heavy atom. The number of amides is 1. The van der Waals surface area contributed by atoms with Gasteiger partial charge in [0.05, 0.1) is 22.3 Å². The summed E-state index contributed by atoms with van der Waals surface area (Å²) in [6, 6.07) is 13.6. The summed E-state index contributed by atoms with van der Waals surface area (Å²) in [6.07, 6.45) is 1.51. The van der Waals surface area contributed by atoms with Crippen molar-refractivity contribution in [1.82, 2.24) is 0 Å². The van der Waals surface area contributed by atoms with Crippen LogP contribution in [0.1, 0.15) is 29.8 Å². The van der Waals surface area contributed by atoms with Crippen molar-refractivity contribution in [2.45, 2.75) is 13.8 Å². The number of carbonyl (C=O) groups excluding carboxylic acids is 2. The average molecular weight is 490 g/mol. The van der Waals surface area contributed by atoms with Gasteiger partial charge in [-0.3, -0.25) is 4.79 Å². The van der Waals surface area contributed by atoms with Crippen molar-refractivity contribution in [3.8, 4) is 11.8 Å². The molecule has 0 heterocycles. The lowest BCUT2D eigenvalue weighted by Crippen LogP contribution is -2.13. The number of ether oxygens (including phenoxy) is 2. The van der Waals surface area contributed by atoms with Gasteiger partial charge in [-0.15, -0.1) is 0 Å². The minimum absolute atomic E-state index is 0.0329. The van der Waals surface area contributed by atoms with Crippen molar-refractivity contribution in [2.24, 2.45) is 0 Å². The van der Waals surface area contributed by atoms with Crippen LogP contribution in [0.5, 0.6) is 5.75 Å². The molecule has 0 unspecified atom stereocenters. The van der Waals surface area contributed by atoms with Gasteiger partial charge in [0.25, 0.3) is 5.91 Å². The fourth-order valence-corrected chi connectivity index (χ4v) is 2.99. The monoisotopic (exact) mass is 490 g/mol. The molecule has 1 amide bonds. The average Bonchev–Trinajstić information content (AvgIpc) is 2.69. The number of hydrogen-bond acceptors (Lipinski definition) is 5. The quantitative estimate of drug-likeness (QED) is 0.269. The maximum Gasteiger partial charge on any atom is 0.338 e. The maximum atomic E-state index is 12.4. The van der Waals surface area contributed by atoms with Gasteiger partial charge in [-0.05, 0) is 84.5 Å². The first-order valence-electron chi connectivity index (χ1n) is 8.61. The first kappa shape index (κ1) is 21.4. The highest BCUT2D eigenvalue weighted by atomic mass is 127. The van der Waals surface area contributed by atoms with Gasteiger partial charge < -0.3 is 14.8 Å². The largest absolute Gasteiger partial charge is 0.493 e. The van der Waals surface area contributed by atoms with Crippen LogP contribution in [0.25, 0.3) is 6.08 Å². The Labute approximate surface area is 177 Å². The summed E-state index contributed by atoms with van der Waals surface area (Å²) in [5.74, 6) is -0.205. The molecule has 28 heavy (non-hydrogen) atoms. The van der Waals surface area contributed by atoms with E-state index in [1.807, 2.05) is 19.1 Å². The molecule has 0 aliphatic heterocycles. The zero-order chi connectivity index (χ0) is 20.5. The Balaban J connectivity index is 2.13. The van der Waals surface area contributed by atoms with Crippen molar-refractivity contribution in [3.05, 3.63) is 62.7 Å². The number of benzene rings is 2. The van der Waals surface area contributed by atoms with Crippen molar-refractivity contribution >= 4 is 46.2 Å². The molecule has 0 fully saturated rings. The second-order valence-electron chi connectivity index (χ2n) is 5.54. The van der Waals surface area contributed by atoms with Gasteiger partial charge in [0, 0.05) is 5.69 Å². The Morgan fingerprint density at radius 2 is 1.86 bits per heavy atom. The second-order valence-corrected chi connectivity index (χ2v) is 6.71. The standard InChI is InChI=1S/C21H19IN2O4/c1-3-27-19-10-5-14(12-18(19)22)11-16(13-23)20(25)24-17-8-6-15(7-9-17)21(26)28-4-2/h5-12H,3-4H2,1-2H3,(H,24,25)/b16-11+. The normalized spacial score (nSPS) is 10.7. The Kier molecular flexibility index (Phi) is 8.02. The lowest BCUT2D eigenvalue weighted by molar-refractivity contribution is -0.112. The maximum absolute atomic E-state index is 12.4. The minimum Gasteiger partial charge on any atom is -0.493 e. The number of hydrogen-bond donors (Lipinski definition) is 1. The molecule has 0 atom stereocenters. The fraction of sp³-hybridized carbons (Fsp3) is 0.190. The Morgan fingerprint density at radius 3 is 2.43 bits per heavy atom. The number of anilines is 1. The van der Waals surface area contributed by atoms with Crippen molar-refractivity contribution in [1.29, 1.82) is 5.26 Å². The highest BCUT2D eigenvalue weighted by Gasteiger charge is 2.11. The van der Waals surface area contributed by atoms with Gasteiger partial charge in [-0.2, -0.15) is 5.26 Å². The molecule has 6 nitrogen and oxygen atoms in total. The Hall–Kier alpha value is -2.86. The summed E-state index contributed by atoms with van der Waals surface area (Å²) in [6.45, 7) is 4.49. The predicted molar refractivity (Wildman–Crippen MR) is 115 cm³/mol. The number of nitrogens with zero attached hydrogens (tertiary/aromatic N) is 1. The summed E-state index contributed by atoms with van der Waals surface area (Å²) >= 11 is 2.14. The van der Waals surface area contributed by atoms with Crippen LogP contribution < -0.4 is 10.1 Å². The van der Waals surface area contributed by atoms with E-state index in [4.69, 9.17) is 9.47 Å². The van der Waals surface area contributed by atoms with Gasteiger partial charge in [-0.25, -0.2) is 4.79 Å². The number of esters is 1. The third-order valence-corrected chi connectivity index (χ3v) is 4.43. The van der Waals surface area contributed by atoms with Gasteiger partial charge in [0.15, 0.2) is 0 Å². The van der Waals surface area contributed by atoms with Gasteiger partial charge in [0.2, 0.25) is 0 Å². The van der Waals surface area contributed by atoms with Crippen LogP contribution in [0, 0.1) is 14.9 Å². The van der Waals surface area contributed by atoms with Gasteiger partial charge >= 0.3 is 5.97 Å². The highest BCUT2D eigenvalue weighted by Crippen LogP contribution is 2.23. The van der Waals surface area contributed by atoms with E-state index in [-0.39, 0.29) is 12.2 Å². The van der Waals surface area contributed by atoms with E-state index in [0.29, 0.717) is 17.9 Å². The lowest BCUT2D eigenvalue weighted by atomic mass is 10.1. The lowest BCUT2D eigenvalue weighted by Gasteiger charge is -2.07. The Bertz CT molecular complexity index is 930. The van der Waals surface area contributed by atoms with E-state index >= 15 is 0 Å². The first-order valence-corrected chi connectivity index (χ1v) is 9.69. The van der Waals surface area contributed by atoms with E-state index in [0.717, 1.165) is 14.9 Å². The molecule has 2 rings (SSSR count). The van der Waals surface area contributed by atoms with Crippen molar-refractivity contribution in [3.63, 3.8) is 0 Å². The van der Waals surface area contributed by atoms with E-state index < -0.39 is 11.9 Å². The zero-order valence-electron chi connectivity index (χ0n) is 15.5. The number of nitriles is 1. The van der Waals surface area contributed by atoms with Gasteiger partial charge in [-0.1, -0.05) is 6.07 Å². The van der Waals surface area contributed by atoms with Crippen LogP contribution in [0.4, 0.5) is 5.69 Å². The zero-order valence-corrected chi connectivity index (χ0v) is 17.6. The van der Waals surface area contributed by atoms with Crippen LogP contribution >= 0.6 is 22.6 Å². The molecule has 0 spiro atoms. The van der Waals surface area contributed by atoms with E-state index in [1.54, 1.807) is 43.3 Å².